The average molecular weight is 284 g/mol. The minimum atomic E-state index is -0.0110. The first kappa shape index (κ1) is 13.7. The second-order valence-electron chi connectivity index (χ2n) is 5.55. The lowest BCUT2D eigenvalue weighted by atomic mass is 10.1. The quantitative estimate of drug-likeness (QED) is 0.934. The highest BCUT2D eigenvalue weighted by Gasteiger charge is 2.29. The third-order valence-corrected chi connectivity index (χ3v) is 3.98. The van der Waals surface area contributed by atoms with E-state index in [0.29, 0.717) is 12.6 Å². The summed E-state index contributed by atoms with van der Waals surface area (Å²) >= 11 is 0. The number of carbonyl (C=O) groups is 1. The molecule has 0 aliphatic heterocycles. The number of aromatic nitrogens is 1. The molecule has 2 aromatic rings. The summed E-state index contributed by atoms with van der Waals surface area (Å²) < 4.78 is 2.07. The Morgan fingerprint density at radius 1 is 1.38 bits per heavy atom. The van der Waals surface area contributed by atoms with Crippen molar-refractivity contribution in [3.63, 3.8) is 0 Å². The molecule has 1 heterocycles. The van der Waals surface area contributed by atoms with Crippen LogP contribution in [0.3, 0.4) is 0 Å². The summed E-state index contributed by atoms with van der Waals surface area (Å²) in [6.07, 6.45) is 4.27. The predicted molar refractivity (Wildman–Crippen MR) is 82.9 cm³/mol. The van der Waals surface area contributed by atoms with Crippen LogP contribution in [0.25, 0.3) is 0 Å². The Hall–Kier alpha value is -2.23. The van der Waals surface area contributed by atoms with Crippen LogP contribution in [0.4, 0.5) is 5.69 Å². The summed E-state index contributed by atoms with van der Waals surface area (Å²) in [5.41, 5.74) is 2.47. The first-order chi connectivity index (χ1) is 10.1. The van der Waals surface area contributed by atoms with Crippen molar-refractivity contribution in [3.8, 4) is 5.75 Å². The van der Waals surface area contributed by atoms with Crippen LogP contribution in [0.2, 0.25) is 0 Å². The van der Waals surface area contributed by atoms with Crippen molar-refractivity contribution >= 4 is 11.6 Å². The number of aromatic hydroxyl groups is 1. The number of amides is 1. The van der Waals surface area contributed by atoms with E-state index in [-0.39, 0.29) is 11.7 Å². The van der Waals surface area contributed by atoms with Crippen molar-refractivity contribution in [1.82, 2.24) is 4.57 Å². The Morgan fingerprint density at radius 2 is 2.14 bits per heavy atom. The summed E-state index contributed by atoms with van der Waals surface area (Å²) in [5.74, 6) is 0.169. The van der Waals surface area contributed by atoms with Gasteiger partial charge in [0.05, 0.1) is 5.69 Å². The zero-order valence-corrected chi connectivity index (χ0v) is 12.4. The van der Waals surface area contributed by atoms with E-state index in [1.807, 2.05) is 38.2 Å². The number of nitrogens with zero attached hydrogens (tertiary/aromatic N) is 2. The Morgan fingerprint density at radius 3 is 2.81 bits per heavy atom. The fourth-order valence-corrected chi connectivity index (χ4v) is 2.70. The second-order valence-corrected chi connectivity index (χ2v) is 5.55. The van der Waals surface area contributed by atoms with Gasteiger partial charge in [0, 0.05) is 24.8 Å². The maximum Gasteiger partial charge on any atom is 0.274 e. The molecule has 0 spiro atoms. The molecule has 1 saturated carbocycles. The van der Waals surface area contributed by atoms with Gasteiger partial charge in [0.15, 0.2) is 0 Å². The van der Waals surface area contributed by atoms with E-state index in [9.17, 15) is 9.90 Å². The van der Waals surface area contributed by atoms with Crippen molar-refractivity contribution in [1.29, 1.82) is 0 Å². The van der Waals surface area contributed by atoms with Gasteiger partial charge in [0.1, 0.15) is 11.4 Å². The van der Waals surface area contributed by atoms with E-state index >= 15 is 0 Å². The van der Waals surface area contributed by atoms with Crippen molar-refractivity contribution in [3.05, 3.63) is 47.8 Å². The number of anilines is 1. The molecule has 0 unspecified atom stereocenters. The van der Waals surface area contributed by atoms with Crippen LogP contribution in [0.15, 0.2) is 36.5 Å². The van der Waals surface area contributed by atoms with Gasteiger partial charge >= 0.3 is 0 Å². The van der Waals surface area contributed by atoms with Crippen LogP contribution >= 0.6 is 0 Å². The summed E-state index contributed by atoms with van der Waals surface area (Å²) in [6, 6.07) is 9.41. The Bertz CT molecular complexity index is 671. The van der Waals surface area contributed by atoms with E-state index in [2.05, 4.69) is 4.57 Å². The fraction of sp³-hybridized carbons (Fsp3) is 0.353. The maximum atomic E-state index is 12.9. The molecule has 4 nitrogen and oxygen atoms in total. The average Bonchev–Trinajstić information content (AvgIpc) is 3.20. The lowest BCUT2D eigenvalue weighted by Gasteiger charge is -2.24. The lowest BCUT2D eigenvalue weighted by Crippen LogP contribution is -2.32. The van der Waals surface area contributed by atoms with Gasteiger partial charge in [0.25, 0.3) is 5.91 Å². The standard InChI is InChI=1S/C17H20N2O2/c1-3-18(16-11-14(20)9-6-12(16)2)17(21)15-5-4-10-19(15)13-7-8-13/h4-6,9-11,13,20H,3,7-8H2,1-2H3. The van der Waals surface area contributed by atoms with E-state index < -0.39 is 0 Å². The monoisotopic (exact) mass is 284 g/mol. The summed E-state index contributed by atoms with van der Waals surface area (Å²) in [7, 11) is 0. The largest absolute Gasteiger partial charge is 0.508 e. The van der Waals surface area contributed by atoms with Gasteiger partial charge in [-0.2, -0.15) is 0 Å². The van der Waals surface area contributed by atoms with Crippen LogP contribution in [0.1, 0.15) is 41.9 Å². The summed E-state index contributed by atoms with van der Waals surface area (Å²) in [5, 5.41) is 9.70. The molecular weight excluding hydrogens is 264 g/mol. The van der Waals surface area contributed by atoms with Gasteiger partial charge in [-0.25, -0.2) is 0 Å². The van der Waals surface area contributed by atoms with E-state index in [1.165, 1.54) is 0 Å². The molecular formula is C17H20N2O2. The molecule has 0 saturated heterocycles. The molecule has 1 aliphatic rings. The van der Waals surface area contributed by atoms with E-state index in [1.54, 1.807) is 17.0 Å². The van der Waals surface area contributed by atoms with Crippen molar-refractivity contribution in [2.24, 2.45) is 0 Å². The van der Waals surface area contributed by atoms with Crippen LogP contribution in [0.5, 0.6) is 5.75 Å². The minimum Gasteiger partial charge on any atom is -0.508 e. The van der Waals surface area contributed by atoms with Gasteiger partial charge in [-0.1, -0.05) is 6.07 Å². The van der Waals surface area contributed by atoms with Crippen LogP contribution < -0.4 is 4.90 Å². The maximum absolute atomic E-state index is 12.9. The molecule has 1 amide bonds. The number of carbonyl (C=O) groups excluding carboxylic acids is 1. The Balaban J connectivity index is 1.97. The minimum absolute atomic E-state index is 0.0110. The number of aryl methyl sites for hydroxylation is 1. The molecule has 1 fully saturated rings. The van der Waals surface area contributed by atoms with Gasteiger partial charge in [-0.05, 0) is 50.5 Å². The molecule has 1 aliphatic carbocycles. The van der Waals surface area contributed by atoms with Crippen LogP contribution in [0, 0.1) is 6.92 Å². The number of benzene rings is 1. The number of hydrogen-bond donors (Lipinski definition) is 1. The third-order valence-electron chi connectivity index (χ3n) is 3.98. The lowest BCUT2D eigenvalue weighted by molar-refractivity contribution is 0.0979. The summed E-state index contributed by atoms with van der Waals surface area (Å²) in [4.78, 5) is 14.6. The molecule has 0 atom stereocenters. The predicted octanol–water partition coefficient (Wildman–Crippen LogP) is 3.50. The van der Waals surface area contributed by atoms with Gasteiger partial charge in [-0.3, -0.25) is 4.79 Å². The van der Waals surface area contributed by atoms with Gasteiger partial charge in [0.2, 0.25) is 0 Å². The van der Waals surface area contributed by atoms with Crippen LogP contribution in [-0.4, -0.2) is 22.1 Å². The highest BCUT2D eigenvalue weighted by molar-refractivity contribution is 6.05. The number of rotatable bonds is 4. The number of phenols is 1. The normalized spacial score (nSPS) is 14.2. The first-order valence-corrected chi connectivity index (χ1v) is 7.40. The Kier molecular flexibility index (Phi) is 3.45. The Labute approximate surface area is 124 Å². The number of phenolic OH excluding ortho intramolecular Hbond substituents is 1. The molecule has 4 heteroatoms. The molecule has 0 bridgehead atoms. The highest BCUT2D eigenvalue weighted by Crippen LogP contribution is 2.36. The van der Waals surface area contributed by atoms with Gasteiger partial charge in [-0.15, -0.1) is 0 Å². The summed E-state index contributed by atoms with van der Waals surface area (Å²) in [6.45, 7) is 4.47. The molecule has 1 N–H and O–H groups in total. The SMILES string of the molecule is CCN(C(=O)c1cccn1C1CC1)c1cc(O)ccc1C. The zero-order valence-electron chi connectivity index (χ0n) is 12.4. The molecule has 1 aromatic carbocycles. The van der Waals surface area contributed by atoms with E-state index in [4.69, 9.17) is 0 Å². The molecule has 110 valence electrons. The smallest absolute Gasteiger partial charge is 0.274 e. The fourth-order valence-electron chi connectivity index (χ4n) is 2.70. The number of hydrogen-bond acceptors (Lipinski definition) is 2. The van der Waals surface area contributed by atoms with Gasteiger partial charge < -0.3 is 14.6 Å². The van der Waals surface area contributed by atoms with Crippen LogP contribution in [-0.2, 0) is 0 Å². The van der Waals surface area contributed by atoms with Crippen molar-refractivity contribution < 1.29 is 9.90 Å². The second kappa shape index (κ2) is 5.28. The molecule has 3 rings (SSSR count). The first-order valence-electron chi connectivity index (χ1n) is 7.40. The van der Waals surface area contributed by atoms with Crippen molar-refractivity contribution in [2.75, 3.05) is 11.4 Å². The highest BCUT2D eigenvalue weighted by atomic mass is 16.3. The topological polar surface area (TPSA) is 45.5 Å². The zero-order chi connectivity index (χ0) is 15.0. The molecule has 1 aromatic heterocycles. The molecule has 21 heavy (non-hydrogen) atoms. The third kappa shape index (κ3) is 2.53. The molecule has 0 radical (unpaired) electrons. The van der Waals surface area contributed by atoms with E-state index in [0.717, 1.165) is 29.8 Å². The van der Waals surface area contributed by atoms with Crippen molar-refractivity contribution in [2.45, 2.75) is 32.7 Å².